The van der Waals surface area contributed by atoms with Crippen molar-refractivity contribution in [2.45, 2.75) is 39.5 Å². The number of nitrogens with one attached hydrogen (secondary N) is 1. The van der Waals surface area contributed by atoms with Gasteiger partial charge in [-0.3, -0.25) is 0 Å². The maximum Gasteiger partial charge on any atom is 0.150 e. The minimum atomic E-state index is 0.0235. The van der Waals surface area contributed by atoms with Gasteiger partial charge in [0.15, 0.2) is 5.70 Å². The quantitative estimate of drug-likeness (QED) is 0.671. The molecule has 0 aliphatic carbocycles. The van der Waals surface area contributed by atoms with Crippen LogP contribution in [0.15, 0.2) is 42.1 Å². The van der Waals surface area contributed by atoms with Gasteiger partial charge < -0.3 is 20.3 Å². The van der Waals surface area contributed by atoms with Crippen molar-refractivity contribution in [3.8, 4) is 5.75 Å². The summed E-state index contributed by atoms with van der Waals surface area (Å²) in [6.07, 6.45) is 10.4. The van der Waals surface area contributed by atoms with Crippen LogP contribution in [0.5, 0.6) is 5.75 Å². The number of benzene rings is 1. The molecule has 1 aliphatic heterocycles. The van der Waals surface area contributed by atoms with Gasteiger partial charge in [-0.25, -0.2) is 0 Å². The van der Waals surface area contributed by atoms with Crippen LogP contribution in [0.2, 0.25) is 0 Å². The number of hydrogen-bond donors (Lipinski definition) is 3. The lowest BCUT2D eigenvalue weighted by atomic mass is 9.86. The maximum absolute atomic E-state index is 10.3. The molecule has 0 atom stereocenters. The fourth-order valence-electron chi connectivity index (χ4n) is 3.50. The third-order valence-electron chi connectivity index (χ3n) is 5.16. The topological polar surface area (TPSA) is 65.0 Å². The molecule has 0 unspecified atom stereocenters. The van der Waals surface area contributed by atoms with Crippen molar-refractivity contribution in [2.75, 3.05) is 6.54 Å². The second-order valence-corrected chi connectivity index (χ2v) is 8.46. The van der Waals surface area contributed by atoms with Crippen LogP contribution >= 0.6 is 0 Å². The molecular weight excluding hydrogens is 357 g/mol. The van der Waals surface area contributed by atoms with Gasteiger partial charge in [-0.05, 0) is 66.8 Å². The van der Waals surface area contributed by atoms with E-state index in [1.807, 2.05) is 42.7 Å². The van der Waals surface area contributed by atoms with E-state index in [1.54, 1.807) is 10.6 Å². The molecule has 1 aromatic carbocycles. The zero-order valence-corrected chi connectivity index (χ0v) is 17.7. The summed E-state index contributed by atoms with van der Waals surface area (Å²) >= 11 is 0. The van der Waals surface area contributed by atoms with Crippen molar-refractivity contribution in [3.63, 3.8) is 0 Å². The van der Waals surface area contributed by atoms with E-state index in [1.165, 1.54) is 5.56 Å². The van der Waals surface area contributed by atoms with Crippen LogP contribution in [0.25, 0.3) is 17.7 Å². The minimum Gasteiger partial charge on any atom is -0.509 e. The van der Waals surface area contributed by atoms with Crippen molar-refractivity contribution in [2.24, 2.45) is 5.73 Å². The van der Waals surface area contributed by atoms with E-state index in [0.29, 0.717) is 6.54 Å². The highest BCUT2D eigenvalue weighted by atomic mass is 16.3. The van der Waals surface area contributed by atoms with Gasteiger partial charge in [-0.2, -0.15) is 0 Å². The number of aromatic nitrogens is 1. The molecule has 149 valence electrons. The highest BCUT2D eigenvalue weighted by molar-refractivity contribution is 6.01. The van der Waals surface area contributed by atoms with Crippen LogP contribution in [0.1, 0.15) is 55.3 Å². The first-order valence-corrected chi connectivity index (χ1v) is 9.91. The van der Waals surface area contributed by atoms with Crippen molar-refractivity contribution < 1.29 is 9.59 Å². The molecule has 0 bridgehead atoms. The number of allylic oxidation sites excluding steroid dienone is 2. The normalized spacial score (nSPS) is 16.0. The number of phenols is 1. The first kappa shape index (κ1) is 20.9. The van der Waals surface area contributed by atoms with Gasteiger partial charge in [0.2, 0.25) is 0 Å². The molecule has 5 heteroatoms. The molecule has 1 aromatic heterocycles. The molecule has 0 saturated carbocycles. The Bertz CT molecular complexity index is 1030. The lowest BCUT2D eigenvalue weighted by Crippen LogP contribution is -2.10. The Balaban J connectivity index is 1.96. The summed E-state index contributed by atoms with van der Waals surface area (Å²) < 4.78 is 1.62. The Kier molecular flexibility index (Phi) is 5.99. The largest absolute Gasteiger partial charge is 0.509 e. The summed E-state index contributed by atoms with van der Waals surface area (Å²) in [6.45, 7) is 9.10. The molecule has 3 rings (SSSR count). The van der Waals surface area contributed by atoms with Crippen LogP contribution in [-0.4, -0.2) is 35.3 Å². The molecule has 29 heavy (non-hydrogen) atoms. The molecule has 0 spiro atoms. The summed E-state index contributed by atoms with van der Waals surface area (Å²) in [4.78, 5) is 3.49. The van der Waals surface area contributed by atoms with E-state index in [4.69, 9.17) is 13.7 Å². The van der Waals surface area contributed by atoms with Crippen LogP contribution in [0.3, 0.4) is 0 Å². The number of H-pyrrole nitrogens is 1. The first-order chi connectivity index (χ1) is 13.7. The number of aryl methyl sites for hydroxylation is 1. The summed E-state index contributed by atoms with van der Waals surface area (Å²) in [5, 5.41) is 10.3. The Morgan fingerprint density at radius 1 is 1.24 bits per heavy atom. The Labute approximate surface area is 174 Å². The van der Waals surface area contributed by atoms with Gasteiger partial charge in [0, 0.05) is 29.0 Å². The predicted octanol–water partition coefficient (Wildman–Crippen LogP) is 4.29. The highest BCUT2D eigenvalue weighted by Crippen LogP contribution is 2.30. The van der Waals surface area contributed by atoms with Crippen molar-refractivity contribution in [1.29, 1.82) is 0 Å². The number of nitrogens with two attached hydrogens (primary N) is 1. The van der Waals surface area contributed by atoms with E-state index in [2.05, 4.69) is 38.7 Å². The molecule has 0 amide bonds. The van der Waals surface area contributed by atoms with Crippen LogP contribution < -0.4 is 5.73 Å². The third-order valence-corrected chi connectivity index (χ3v) is 5.16. The van der Waals surface area contributed by atoms with Crippen LogP contribution in [0.4, 0.5) is 0 Å². The number of hydrogen-bond acceptors (Lipinski definition) is 2. The number of aromatic hydroxyl groups is 1. The molecule has 0 fully saturated rings. The van der Waals surface area contributed by atoms with Crippen LogP contribution in [-0.2, 0) is 5.41 Å². The van der Waals surface area contributed by atoms with E-state index < -0.39 is 0 Å². The van der Waals surface area contributed by atoms with Crippen molar-refractivity contribution >= 4 is 31.9 Å². The fourth-order valence-corrected chi connectivity index (χ4v) is 3.50. The van der Waals surface area contributed by atoms with Gasteiger partial charge in [0.05, 0.1) is 5.69 Å². The number of phenolic OH excluding ortho intramolecular Hbond substituents is 1. The monoisotopic (exact) mass is 386 g/mol. The molecule has 2 aromatic rings. The second kappa shape index (κ2) is 8.30. The second-order valence-electron chi connectivity index (χ2n) is 8.46. The molecule has 0 saturated heterocycles. The molecule has 3 radical (unpaired) electrons. The zero-order chi connectivity index (χ0) is 21.2. The van der Waals surface area contributed by atoms with Crippen molar-refractivity contribution in [1.82, 2.24) is 4.98 Å². The molecular formula is C24H29BN3O. The average Bonchev–Trinajstić information content (AvgIpc) is 3.23. The van der Waals surface area contributed by atoms with Gasteiger partial charge in [0.1, 0.15) is 12.0 Å². The van der Waals surface area contributed by atoms with E-state index in [-0.39, 0.29) is 11.2 Å². The number of nitrogens with zero attached hydrogens (tertiary/aromatic N) is 1. The molecule has 1 aliphatic rings. The fraction of sp³-hybridized carbons (Fsp3) is 0.292. The summed E-state index contributed by atoms with van der Waals surface area (Å²) in [5.74, 6) is 0.272. The molecule has 4 N–H and O–H groups in total. The maximum atomic E-state index is 10.3. The Morgan fingerprint density at radius 2 is 2.00 bits per heavy atom. The van der Waals surface area contributed by atoms with Crippen molar-refractivity contribution in [3.05, 3.63) is 70.2 Å². The van der Waals surface area contributed by atoms with Gasteiger partial charge in [0.25, 0.3) is 0 Å². The SMILES string of the molecule is [B-][N+]1=CC=CC1=C(CCN)c1[nH]c(/C=C/c2cc(C(C)(C)C)ccc2O)cc1C. The summed E-state index contributed by atoms with van der Waals surface area (Å²) in [5.41, 5.74) is 13.0. The first-order valence-electron chi connectivity index (χ1n) is 9.91. The summed E-state index contributed by atoms with van der Waals surface area (Å²) in [6, 6.07) is 7.86. The zero-order valence-electron chi connectivity index (χ0n) is 17.7. The van der Waals surface area contributed by atoms with Gasteiger partial charge in [-0.15, -0.1) is 7.98 Å². The number of rotatable bonds is 5. The number of aromatic amines is 1. The molecule has 2 heterocycles. The standard InChI is InChI=1S/C24H28BN3O/c1-16-14-19(9-7-17-15-18(24(2,3)4)8-10-22(17)29)27-23(16)20(11-12-26)21-6-5-13-28(21)25/h5-10,13-15,27H,11-12,26H2,1-4H3/q-1/p+1/b9-7+,21-20?. The average molecular weight is 386 g/mol. The lowest BCUT2D eigenvalue weighted by Gasteiger charge is -2.19. The Morgan fingerprint density at radius 3 is 2.62 bits per heavy atom. The molecule has 4 nitrogen and oxygen atoms in total. The predicted molar refractivity (Wildman–Crippen MR) is 123 cm³/mol. The van der Waals surface area contributed by atoms with Gasteiger partial charge >= 0.3 is 0 Å². The van der Waals surface area contributed by atoms with Gasteiger partial charge in [-0.1, -0.05) is 26.8 Å². The third kappa shape index (κ3) is 4.62. The lowest BCUT2D eigenvalue weighted by molar-refractivity contribution is -0.294. The highest BCUT2D eigenvalue weighted by Gasteiger charge is 2.17. The van der Waals surface area contributed by atoms with E-state index in [0.717, 1.165) is 40.2 Å². The summed E-state index contributed by atoms with van der Waals surface area (Å²) in [7, 11) is 6.07. The smallest absolute Gasteiger partial charge is 0.150 e. The van der Waals surface area contributed by atoms with Crippen LogP contribution in [0, 0.1) is 6.92 Å². The minimum absolute atomic E-state index is 0.0235. The van der Waals surface area contributed by atoms with E-state index in [9.17, 15) is 5.11 Å². The Hall–Kier alpha value is -2.79. The van der Waals surface area contributed by atoms with E-state index >= 15 is 0 Å².